The Hall–Kier alpha value is -2.93. The van der Waals surface area contributed by atoms with Gasteiger partial charge in [0.2, 0.25) is 0 Å². The van der Waals surface area contributed by atoms with Gasteiger partial charge in [0, 0.05) is 30.8 Å². The molecule has 1 aromatic carbocycles. The standard InChI is InChI=1S/C24H26ClFN4O4/c1-28-22-21(23(32)29(24(28)33)11-2-3-12-31)30(15-16-9-10-17(25)14-19(16)26)20(27-22)8-5-13-34-18-6-4-7-18/h9-10,14,18,31H,2-4,6-7,11-13,15H2,1H3. The van der Waals surface area contributed by atoms with E-state index >= 15 is 0 Å². The summed E-state index contributed by atoms with van der Waals surface area (Å²) in [5.41, 5.74) is -0.406. The van der Waals surface area contributed by atoms with Gasteiger partial charge in [0.1, 0.15) is 12.4 Å². The van der Waals surface area contributed by atoms with E-state index in [-0.39, 0.29) is 54.4 Å². The molecule has 0 atom stereocenters. The largest absolute Gasteiger partial charge is 0.396 e. The summed E-state index contributed by atoms with van der Waals surface area (Å²) in [5.74, 6) is 5.58. The number of aliphatic hydroxyl groups excluding tert-OH is 1. The Morgan fingerprint density at radius 3 is 2.74 bits per heavy atom. The van der Waals surface area contributed by atoms with Crippen molar-refractivity contribution in [1.29, 1.82) is 0 Å². The average molecular weight is 489 g/mol. The Morgan fingerprint density at radius 2 is 2.06 bits per heavy atom. The Kier molecular flexibility index (Phi) is 7.51. The highest BCUT2D eigenvalue weighted by Crippen LogP contribution is 2.21. The van der Waals surface area contributed by atoms with Crippen molar-refractivity contribution >= 4 is 22.8 Å². The monoisotopic (exact) mass is 488 g/mol. The van der Waals surface area contributed by atoms with Crippen LogP contribution in [0, 0.1) is 17.7 Å². The van der Waals surface area contributed by atoms with Crippen LogP contribution in [0.3, 0.4) is 0 Å². The Morgan fingerprint density at radius 1 is 1.26 bits per heavy atom. The van der Waals surface area contributed by atoms with Crippen LogP contribution < -0.4 is 11.2 Å². The highest BCUT2D eigenvalue weighted by Gasteiger charge is 2.21. The van der Waals surface area contributed by atoms with Crippen molar-refractivity contribution < 1.29 is 14.2 Å². The quantitative estimate of drug-likeness (QED) is 0.388. The number of benzene rings is 1. The van der Waals surface area contributed by atoms with E-state index < -0.39 is 17.1 Å². The molecule has 1 aliphatic carbocycles. The van der Waals surface area contributed by atoms with Gasteiger partial charge in [-0.15, -0.1) is 0 Å². The zero-order chi connectivity index (χ0) is 24.2. The zero-order valence-electron chi connectivity index (χ0n) is 18.9. The Bertz CT molecular complexity index is 1380. The summed E-state index contributed by atoms with van der Waals surface area (Å²) in [6.07, 6.45) is 4.34. The van der Waals surface area contributed by atoms with Gasteiger partial charge < -0.3 is 14.4 Å². The summed E-state index contributed by atoms with van der Waals surface area (Å²) in [7, 11) is 1.53. The molecule has 34 heavy (non-hydrogen) atoms. The number of hydrogen-bond acceptors (Lipinski definition) is 5. The molecule has 0 radical (unpaired) electrons. The molecule has 0 spiro atoms. The van der Waals surface area contributed by atoms with Gasteiger partial charge in [-0.3, -0.25) is 13.9 Å². The normalized spacial score (nSPS) is 13.6. The second-order valence-corrected chi connectivity index (χ2v) is 8.76. The van der Waals surface area contributed by atoms with Crippen LogP contribution in [0.15, 0.2) is 27.8 Å². The van der Waals surface area contributed by atoms with E-state index in [1.54, 1.807) is 12.1 Å². The van der Waals surface area contributed by atoms with Crippen LogP contribution in [0.5, 0.6) is 0 Å². The second-order valence-electron chi connectivity index (χ2n) is 8.32. The first-order valence-electron chi connectivity index (χ1n) is 11.3. The summed E-state index contributed by atoms with van der Waals surface area (Å²) in [6.45, 7) is 0.317. The van der Waals surface area contributed by atoms with Crippen LogP contribution in [0.2, 0.25) is 5.02 Å². The fraction of sp³-hybridized carbons (Fsp3) is 0.458. The molecule has 3 aromatic rings. The van der Waals surface area contributed by atoms with Crippen molar-refractivity contribution in [2.24, 2.45) is 7.05 Å². The van der Waals surface area contributed by atoms with Gasteiger partial charge >= 0.3 is 5.69 Å². The lowest BCUT2D eigenvalue weighted by Gasteiger charge is -2.24. The number of nitrogens with zero attached hydrogens (tertiary/aromatic N) is 4. The van der Waals surface area contributed by atoms with Crippen LogP contribution in [-0.2, 0) is 24.9 Å². The van der Waals surface area contributed by atoms with E-state index in [0.717, 1.165) is 23.8 Å². The lowest BCUT2D eigenvalue weighted by Crippen LogP contribution is -2.39. The summed E-state index contributed by atoms with van der Waals surface area (Å²) >= 11 is 5.89. The van der Waals surface area contributed by atoms with Gasteiger partial charge in [0.15, 0.2) is 17.0 Å². The molecule has 1 fully saturated rings. The second kappa shape index (κ2) is 10.6. The van der Waals surface area contributed by atoms with Crippen molar-refractivity contribution in [3.63, 3.8) is 0 Å². The van der Waals surface area contributed by atoms with Gasteiger partial charge in [0.25, 0.3) is 5.56 Å². The van der Waals surface area contributed by atoms with Crippen molar-refractivity contribution in [3.05, 3.63) is 61.3 Å². The summed E-state index contributed by atoms with van der Waals surface area (Å²) in [4.78, 5) is 30.7. The molecular formula is C24H26ClFN4O4. The lowest BCUT2D eigenvalue weighted by atomic mass is 9.96. The molecule has 1 aliphatic rings. The molecule has 10 heteroatoms. The summed E-state index contributed by atoms with van der Waals surface area (Å²) in [5, 5.41) is 9.33. The van der Waals surface area contributed by atoms with Gasteiger partial charge in [-0.2, -0.15) is 0 Å². The number of ether oxygens (including phenoxy) is 1. The number of rotatable bonds is 8. The number of halogens is 2. The third-order valence-corrected chi connectivity index (χ3v) is 6.24. The topological polar surface area (TPSA) is 91.3 Å². The number of aliphatic hydroxyl groups is 1. The number of aromatic nitrogens is 4. The molecule has 2 heterocycles. The first kappa shape index (κ1) is 24.2. The van der Waals surface area contributed by atoms with Crippen LogP contribution in [0.25, 0.3) is 11.2 Å². The smallest absolute Gasteiger partial charge is 0.332 e. The van der Waals surface area contributed by atoms with Gasteiger partial charge in [0.05, 0.1) is 12.6 Å². The first-order valence-corrected chi connectivity index (χ1v) is 11.6. The maximum Gasteiger partial charge on any atom is 0.332 e. The highest BCUT2D eigenvalue weighted by molar-refractivity contribution is 6.30. The fourth-order valence-electron chi connectivity index (χ4n) is 3.83. The summed E-state index contributed by atoms with van der Waals surface area (Å²) in [6, 6.07) is 4.32. The number of imidazole rings is 1. The average Bonchev–Trinajstić information content (AvgIpc) is 3.13. The van der Waals surface area contributed by atoms with Crippen LogP contribution in [0.1, 0.15) is 43.5 Å². The van der Waals surface area contributed by atoms with Crippen molar-refractivity contribution in [2.45, 2.75) is 51.3 Å². The van der Waals surface area contributed by atoms with E-state index in [1.807, 2.05) is 0 Å². The van der Waals surface area contributed by atoms with Crippen molar-refractivity contribution in [2.75, 3.05) is 13.2 Å². The molecular weight excluding hydrogens is 463 g/mol. The van der Waals surface area contributed by atoms with E-state index in [0.29, 0.717) is 18.4 Å². The minimum atomic E-state index is -0.531. The molecule has 1 saturated carbocycles. The highest BCUT2D eigenvalue weighted by atomic mass is 35.5. The number of aryl methyl sites for hydroxylation is 1. The molecule has 0 aliphatic heterocycles. The third-order valence-electron chi connectivity index (χ3n) is 6.01. The molecule has 0 saturated heterocycles. The Labute approximate surface area is 200 Å². The van der Waals surface area contributed by atoms with Gasteiger partial charge in [-0.25, -0.2) is 14.2 Å². The first-order chi connectivity index (χ1) is 16.4. The van der Waals surface area contributed by atoms with Gasteiger partial charge in [-0.1, -0.05) is 23.6 Å². The predicted octanol–water partition coefficient (Wildman–Crippen LogP) is 2.43. The minimum absolute atomic E-state index is 0.0168. The predicted molar refractivity (Wildman–Crippen MR) is 127 cm³/mol. The minimum Gasteiger partial charge on any atom is -0.396 e. The molecule has 2 aromatic heterocycles. The molecule has 8 nitrogen and oxygen atoms in total. The lowest BCUT2D eigenvalue weighted by molar-refractivity contribution is 0.0217. The van der Waals surface area contributed by atoms with Crippen molar-refractivity contribution in [3.8, 4) is 11.8 Å². The molecule has 0 unspecified atom stereocenters. The van der Waals surface area contributed by atoms with Crippen LogP contribution in [-0.4, -0.2) is 43.1 Å². The van der Waals surface area contributed by atoms with E-state index in [4.69, 9.17) is 21.4 Å². The molecule has 0 bridgehead atoms. The van der Waals surface area contributed by atoms with E-state index in [9.17, 15) is 14.0 Å². The molecule has 180 valence electrons. The fourth-order valence-corrected chi connectivity index (χ4v) is 3.99. The SMILES string of the molecule is Cn1c(=O)n(CCCCO)c(=O)c2c1nc(C#CCOC1CCC1)n2Cc1ccc(Cl)cc1F. The molecule has 0 amide bonds. The van der Waals surface area contributed by atoms with E-state index in [2.05, 4.69) is 16.8 Å². The van der Waals surface area contributed by atoms with E-state index in [1.165, 1.54) is 22.2 Å². The maximum atomic E-state index is 14.6. The number of hydrogen-bond donors (Lipinski definition) is 1. The maximum absolute atomic E-state index is 14.6. The number of fused-ring (bicyclic) bond motifs is 1. The third kappa shape index (κ3) is 4.94. The number of unbranched alkanes of at least 4 members (excludes halogenated alkanes) is 1. The van der Waals surface area contributed by atoms with Crippen LogP contribution >= 0.6 is 11.6 Å². The molecule has 4 rings (SSSR count). The van der Waals surface area contributed by atoms with Gasteiger partial charge in [-0.05, 0) is 50.2 Å². The zero-order valence-corrected chi connectivity index (χ0v) is 19.6. The van der Waals surface area contributed by atoms with Crippen molar-refractivity contribution in [1.82, 2.24) is 18.7 Å². The summed E-state index contributed by atoms with van der Waals surface area (Å²) < 4.78 is 24.2. The van der Waals surface area contributed by atoms with Crippen LogP contribution in [0.4, 0.5) is 4.39 Å². The Balaban J connectivity index is 1.81. The molecule has 1 N–H and O–H groups in total.